The molecular weight excluding hydrogens is 326 g/mol. The topological polar surface area (TPSA) is 3.24 Å². The highest BCUT2D eigenvalue weighted by molar-refractivity contribution is 5.63. The van der Waals surface area contributed by atoms with E-state index in [9.17, 15) is 0 Å². The lowest BCUT2D eigenvalue weighted by Crippen LogP contribution is -2.38. The molecule has 0 saturated heterocycles. The minimum Gasteiger partial charge on any atom is -0.361 e. The summed E-state index contributed by atoms with van der Waals surface area (Å²) in [5.74, 6) is 1.68. The Kier molecular flexibility index (Phi) is 6.96. The fourth-order valence-electron chi connectivity index (χ4n) is 4.42. The molecule has 1 aliphatic carbocycles. The molecule has 0 amide bonds. The molecule has 0 atom stereocenters. The average molecular weight is 360 g/mol. The van der Waals surface area contributed by atoms with Crippen LogP contribution in [0.5, 0.6) is 0 Å². The number of hydrogen-bond donors (Lipinski definition) is 0. The zero-order chi connectivity index (χ0) is 19.1. The van der Waals surface area contributed by atoms with Gasteiger partial charge in [-0.2, -0.15) is 0 Å². The van der Waals surface area contributed by atoms with Gasteiger partial charge >= 0.3 is 0 Å². The van der Waals surface area contributed by atoms with E-state index in [-0.39, 0.29) is 0 Å². The number of rotatable bonds is 7. The van der Waals surface area contributed by atoms with Crippen molar-refractivity contribution in [3.05, 3.63) is 84.1 Å². The van der Waals surface area contributed by atoms with Crippen LogP contribution in [0.15, 0.2) is 73.0 Å². The summed E-state index contributed by atoms with van der Waals surface area (Å²) in [5.41, 5.74) is 7.07. The molecule has 2 aromatic carbocycles. The second kappa shape index (κ2) is 9.62. The lowest BCUT2D eigenvalue weighted by molar-refractivity contribution is 0.173. The summed E-state index contributed by atoms with van der Waals surface area (Å²) in [5, 5.41) is 0. The Morgan fingerprint density at radius 1 is 0.963 bits per heavy atom. The van der Waals surface area contributed by atoms with Gasteiger partial charge in [-0.15, -0.1) is 5.73 Å². The fourth-order valence-corrected chi connectivity index (χ4v) is 4.42. The largest absolute Gasteiger partial charge is 0.361 e. The van der Waals surface area contributed by atoms with Crippen LogP contribution in [0.25, 0.3) is 5.70 Å². The third kappa shape index (κ3) is 5.15. The van der Waals surface area contributed by atoms with E-state index in [1.54, 1.807) is 0 Å². The highest BCUT2D eigenvalue weighted by atomic mass is 15.2. The predicted molar refractivity (Wildman–Crippen MR) is 116 cm³/mol. The highest BCUT2D eigenvalue weighted by Crippen LogP contribution is 2.35. The summed E-state index contributed by atoms with van der Waals surface area (Å²) in [6, 6.07) is 22.1. The van der Waals surface area contributed by atoms with Crippen LogP contribution >= 0.6 is 0 Å². The van der Waals surface area contributed by atoms with Gasteiger partial charge in [0.05, 0.1) is 5.70 Å². The van der Waals surface area contributed by atoms with E-state index in [1.165, 1.54) is 42.5 Å². The molecule has 0 aromatic heterocycles. The zero-order valence-electron chi connectivity index (χ0n) is 16.9. The standard InChI is InChI=1S/C26H33N/c1-4-26(24-13-9-6-10-14-24)27(20-19-22-11-7-5-8-12-22)25-17-15-23(16-18-25)21(2)3/h5-14,21,23,25H,1,15-20H2,2-3H3. The van der Waals surface area contributed by atoms with Crippen molar-refractivity contribution in [2.45, 2.75) is 52.0 Å². The van der Waals surface area contributed by atoms with Crippen molar-refractivity contribution in [1.82, 2.24) is 4.90 Å². The third-order valence-electron chi connectivity index (χ3n) is 6.11. The van der Waals surface area contributed by atoms with Gasteiger partial charge < -0.3 is 4.90 Å². The molecule has 1 aliphatic rings. The van der Waals surface area contributed by atoms with Gasteiger partial charge in [0.15, 0.2) is 0 Å². The van der Waals surface area contributed by atoms with E-state index in [4.69, 9.17) is 0 Å². The zero-order valence-corrected chi connectivity index (χ0v) is 16.9. The molecule has 3 rings (SSSR count). The number of nitrogens with zero attached hydrogens (tertiary/aromatic N) is 1. The Labute approximate surface area is 165 Å². The number of hydrogen-bond acceptors (Lipinski definition) is 1. The Morgan fingerprint density at radius 3 is 2.11 bits per heavy atom. The predicted octanol–water partition coefficient (Wildman–Crippen LogP) is 6.57. The summed E-state index contributed by atoms with van der Waals surface area (Å²) in [4.78, 5) is 2.59. The van der Waals surface area contributed by atoms with Crippen LogP contribution in [0.3, 0.4) is 0 Å². The summed E-state index contributed by atoms with van der Waals surface area (Å²) in [6.45, 7) is 9.81. The van der Waals surface area contributed by atoms with E-state index in [2.05, 4.69) is 91.7 Å². The molecule has 2 aromatic rings. The Morgan fingerprint density at radius 2 is 1.56 bits per heavy atom. The normalized spacial score (nSPS) is 19.5. The van der Waals surface area contributed by atoms with Gasteiger partial charge in [-0.25, -0.2) is 0 Å². The third-order valence-corrected chi connectivity index (χ3v) is 6.11. The molecule has 0 unspecified atom stereocenters. The van der Waals surface area contributed by atoms with Crippen LogP contribution in [-0.4, -0.2) is 17.5 Å². The van der Waals surface area contributed by atoms with Crippen molar-refractivity contribution in [3.8, 4) is 0 Å². The molecule has 0 radical (unpaired) electrons. The monoisotopic (exact) mass is 359 g/mol. The van der Waals surface area contributed by atoms with E-state index in [0.717, 1.165) is 24.8 Å². The SMILES string of the molecule is C=C=C(c1ccccc1)N(CCc1ccccc1)C1CCC(C(C)C)CC1. The fraction of sp³-hybridized carbons (Fsp3) is 0.423. The second-order valence-electron chi connectivity index (χ2n) is 8.13. The van der Waals surface area contributed by atoms with Gasteiger partial charge in [-0.1, -0.05) is 81.1 Å². The minimum atomic E-state index is 0.591. The van der Waals surface area contributed by atoms with Crippen LogP contribution < -0.4 is 0 Å². The van der Waals surface area contributed by atoms with Gasteiger partial charge in [0.25, 0.3) is 0 Å². The van der Waals surface area contributed by atoms with E-state index >= 15 is 0 Å². The van der Waals surface area contributed by atoms with Crippen LogP contribution in [0.2, 0.25) is 0 Å². The first kappa shape index (κ1) is 19.5. The average Bonchev–Trinajstić information content (AvgIpc) is 2.72. The number of benzene rings is 2. The van der Waals surface area contributed by atoms with Crippen molar-refractivity contribution in [3.63, 3.8) is 0 Å². The van der Waals surface area contributed by atoms with Crippen molar-refractivity contribution in [1.29, 1.82) is 0 Å². The molecule has 0 spiro atoms. The van der Waals surface area contributed by atoms with Crippen LogP contribution in [-0.2, 0) is 6.42 Å². The van der Waals surface area contributed by atoms with Gasteiger partial charge in [0, 0.05) is 18.2 Å². The van der Waals surface area contributed by atoms with Gasteiger partial charge in [0.1, 0.15) is 0 Å². The molecule has 1 fully saturated rings. The van der Waals surface area contributed by atoms with Crippen molar-refractivity contribution >= 4 is 5.70 Å². The van der Waals surface area contributed by atoms with Gasteiger partial charge in [-0.3, -0.25) is 0 Å². The maximum atomic E-state index is 4.05. The first-order valence-electron chi connectivity index (χ1n) is 10.4. The van der Waals surface area contributed by atoms with E-state index in [0.29, 0.717) is 6.04 Å². The van der Waals surface area contributed by atoms with Crippen molar-refractivity contribution in [2.24, 2.45) is 11.8 Å². The lowest BCUT2D eigenvalue weighted by Gasteiger charge is -2.40. The molecule has 142 valence electrons. The van der Waals surface area contributed by atoms with Crippen LogP contribution in [0.1, 0.15) is 50.7 Å². The Balaban J connectivity index is 1.79. The van der Waals surface area contributed by atoms with Gasteiger partial charge in [-0.05, 0) is 49.5 Å². The molecular formula is C26H33N. The molecule has 1 heteroatoms. The molecule has 0 bridgehead atoms. The van der Waals surface area contributed by atoms with Crippen molar-refractivity contribution in [2.75, 3.05) is 6.54 Å². The van der Waals surface area contributed by atoms with Crippen LogP contribution in [0, 0.1) is 11.8 Å². The second-order valence-corrected chi connectivity index (χ2v) is 8.13. The Hall–Kier alpha value is -2.24. The molecule has 1 saturated carbocycles. The quantitative estimate of drug-likeness (QED) is 0.505. The first-order valence-corrected chi connectivity index (χ1v) is 10.4. The summed E-state index contributed by atoms with van der Waals surface area (Å²) >= 11 is 0. The van der Waals surface area contributed by atoms with E-state index in [1.807, 2.05) is 0 Å². The lowest BCUT2D eigenvalue weighted by atomic mass is 9.79. The first-order chi connectivity index (χ1) is 13.2. The summed E-state index contributed by atoms with van der Waals surface area (Å²) in [6.07, 6.45) is 6.28. The maximum Gasteiger partial charge on any atom is 0.0869 e. The smallest absolute Gasteiger partial charge is 0.0869 e. The van der Waals surface area contributed by atoms with Crippen molar-refractivity contribution < 1.29 is 0 Å². The molecule has 0 aliphatic heterocycles. The summed E-state index contributed by atoms with van der Waals surface area (Å²) in [7, 11) is 0. The van der Waals surface area contributed by atoms with Crippen LogP contribution in [0.4, 0.5) is 0 Å². The molecule has 1 nitrogen and oxygen atoms in total. The molecule has 0 N–H and O–H groups in total. The maximum absolute atomic E-state index is 4.05. The highest BCUT2D eigenvalue weighted by Gasteiger charge is 2.28. The van der Waals surface area contributed by atoms with E-state index < -0.39 is 0 Å². The molecule has 0 heterocycles. The Bertz CT molecular complexity index is 732. The van der Waals surface area contributed by atoms with Gasteiger partial charge in [0.2, 0.25) is 0 Å². The minimum absolute atomic E-state index is 0.591. The summed E-state index contributed by atoms with van der Waals surface area (Å²) < 4.78 is 0. The molecule has 27 heavy (non-hydrogen) atoms.